The van der Waals surface area contributed by atoms with E-state index in [1.54, 1.807) is 0 Å². The van der Waals surface area contributed by atoms with E-state index in [-0.39, 0.29) is 31.2 Å². The van der Waals surface area contributed by atoms with Crippen LogP contribution in [-0.2, 0) is 16.1 Å². The van der Waals surface area contributed by atoms with Gasteiger partial charge in [-0.05, 0) is 40.3 Å². The summed E-state index contributed by atoms with van der Waals surface area (Å²) in [5.74, 6) is 3.22. The van der Waals surface area contributed by atoms with Crippen LogP contribution in [0.3, 0.4) is 0 Å². The highest BCUT2D eigenvalue weighted by molar-refractivity contribution is 5.93. The number of hydrogen-bond acceptors (Lipinski definition) is 5. The molecule has 34 heavy (non-hydrogen) atoms. The smallest absolute Gasteiger partial charge is 0.407 e. The van der Waals surface area contributed by atoms with Crippen LogP contribution in [-0.4, -0.2) is 41.2 Å². The summed E-state index contributed by atoms with van der Waals surface area (Å²) in [6.45, 7) is 0.168. The van der Waals surface area contributed by atoms with Gasteiger partial charge in [0.1, 0.15) is 6.61 Å². The van der Waals surface area contributed by atoms with Crippen molar-refractivity contribution in [1.82, 2.24) is 15.6 Å². The number of carboxylic acid groups (broad SMARTS) is 1. The van der Waals surface area contributed by atoms with Gasteiger partial charge < -0.3 is 20.5 Å². The lowest BCUT2D eigenvalue weighted by Gasteiger charge is -2.14. The zero-order valence-corrected chi connectivity index (χ0v) is 18.1. The van der Waals surface area contributed by atoms with E-state index in [0.29, 0.717) is 5.69 Å². The molecule has 170 valence electrons. The molecule has 3 N–H and O–H groups in total. The third-order valence-electron chi connectivity index (χ3n) is 5.36. The zero-order chi connectivity index (χ0) is 23.9. The van der Waals surface area contributed by atoms with Crippen molar-refractivity contribution in [3.05, 3.63) is 89.2 Å². The fourth-order valence-electron chi connectivity index (χ4n) is 3.81. The monoisotopic (exact) mass is 455 g/mol. The van der Waals surface area contributed by atoms with E-state index in [1.807, 2.05) is 36.4 Å². The van der Waals surface area contributed by atoms with Gasteiger partial charge in [-0.25, -0.2) is 9.59 Å². The van der Waals surface area contributed by atoms with Gasteiger partial charge in [0.05, 0.1) is 24.3 Å². The van der Waals surface area contributed by atoms with Crippen LogP contribution in [0.2, 0.25) is 0 Å². The molecule has 8 nitrogen and oxygen atoms in total. The Balaban J connectivity index is 1.23. The van der Waals surface area contributed by atoms with Gasteiger partial charge in [-0.15, -0.1) is 0 Å². The molecule has 0 radical (unpaired) electrons. The number of ether oxygens (including phenoxy) is 1. The maximum atomic E-state index is 12.1. The highest BCUT2D eigenvalue weighted by atomic mass is 16.5. The molecule has 0 spiro atoms. The highest BCUT2D eigenvalue weighted by Gasteiger charge is 2.28. The Labute approximate surface area is 196 Å². The second-order valence-corrected chi connectivity index (χ2v) is 7.50. The zero-order valence-electron chi connectivity index (χ0n) is 18.1. The van der Waals surface area contributed by atoms with Crippen molar-refractivity contribution in [2.45, 2.75) is 12.5 Å². The first-order valence-corrected chi connectivity index (χ1v) is 10.6. The normalized spacial score (nSPS) is 11.4. The number of pyridine rings is 1. The Morgan fingerprint density at radius 2 is 1.65 bits per heavy atom. The minimum absolute atomic E-state index is 0.0362. The van der Waals surface area contributed by atoms with Crippen molar-refractivity contribution >= 4 is 18.0 Å². The molecular formula is C26H21N3O5. The first kappa shape index (κ1) is 22.6. The van der Waals surface area contributed by atoms with Gasteiger partial charge in [-0.2, -0.15) is 0 Å². The van der Waals surface area contributed by atoms with E-state index < -0.39 is 18.0 Å². The number of fused-ring (bicyclic) bond motifs is 3. The van der Waals surface area contributed by atoms with Crippen LogP contribution < -0.4 is 10.6 Å². The Bertz CT molecular complexity index is 1260. The molecule has 3 aromatic rings. The molecule has 0 saturated heterocycles. The maximum Gasteiger partial charge on any atom is 0.407 e. The van der Waals surface area contributed by atoms with E-state index in [0.717, 1.165) is 22.3 Å². The predicted octanol–water partition coefficient (Wildman–Crippen LogP) is 2.94. The van der Waals surface area contributed by atoms with Crippen molar-refractivity contribution in [3.8, 4) is 23.0 Å². The molecule has 1 aromatic heterocycles. The van der Waals surface area contributed by atoms with Gasteiger partial charge >= 0.3 is 12.1 Å². The SMILES string of the molecule is O=C(C#CCNC(=O)OCC1c2ccccc2-c2ccccc21)NCc1cc(C(=O)O)ccn1. The fraction of sp³-hybridized carbons (Fsp3) is 0.154. The lowest BCUT2D eigenvalue weighted by molar-refractivity contribution is -0.115. The van der Waals surface area contributed by atoms with Crippen molar-refractivity contribution < 1.29 is 24.2 Å². The Morgan fingerprint density at radius 1 is 0.971 bits per heavy atom. The lowest BCUT2D eigenvalue weighted by Crippen LogP contribution is -2.27. The molecule has 0 atom stereocenters. The average molecular weight is 455 g/mol. The van der Waals surface area contributed by atoms with Crippen LogP contribution in [0.25, 0.3) is 11.1 Å². The highest BCUT2D eigenvalue weighted by Crippen LogP contribution is 2.44. The first-order valence-electron chi connectivity index (χ1n) is 10.6. The summed E-state index contributed by atoms with van der Waals surface area (Å²) in [4.78, 5) is 38.9. The molecular weight excluding hydrogens is 434 g/mol. The molecule has 8 heteroatoms. The number of carbonyl (C=O) groups is 3. The molecule has 1 aliphatic carbocycles. The number of carbonyl (C=O) groups excluding carboxylic acids is 2. The minimum atomic E-state index is -1.07. The summed E-state index contributed by atoms with van der Waals surface area (Å²) < 4.78 is 5.41. The van der Waals surface area contributed by atoms with E-state index in [9.17, 15) is 14.4 Å². The van der Waals surface area contributed by atoms with Gasteiger partial charge in [-0.1, -0.05) is 54.5 Å². The van der Waals surface area contributed by atoms with E-state index in [4.69, 9.17) is 9.84 Å². The number of nitrogens with one attached hydrogen (secondary N) is 2. The number of aromatic nitrogens is 1. The maximum absolute atomic E-state index is 12.1. The molecule has 0 fully saturated rings. The lowest BCUT2D eigenvalue weighted by atomic mass is 9.98. The summed E-state index contributed by atoms with van der Waals surface area (Å²) in [6.07, 6.45) is 0.737. The minimum Gasteiger partial charge on any atom is -0.478 e. The third kappa shape index (κ3) is 5.22. The molecule has 2 amide bonds. The fourth-order valence-corrected chi connectivity index (χ4v) is 3.81. The summed E-state index contributed by atoms with van der Waals surface area (Å²) in [6, 6.07) is 18.9. The number of amides is 2. The number of alkyl carbamates (subject to hydrolysis) is 1. The molecule has 1 heterocycles. The second-order valence-electron chi connectivity index (χ2n) is 7.50. The quantitative estimate of drug-likeness (QED) is 0.492. The molecule has 1 aliphatic rings. The van der Waals surface area contributed by atoms with Crippen molar-refractivity contribution in [2.75, 3.05) is 13.2 Å². The standard InChI is InChI=1S/C26H21N3O5/c30-24(29-15-18-14-17(25(31)32)11-13-27-18)10-5-12-28-26(33)34-16-23-21-8-3-1-6-19(21)20-7-2-4-9-22(20)23/h1-4,6-9,11,13-14,23H,12,15-16H2,(H,28,33)(H,29,30)(H,31,32). The molecule has 0 aliphatic heterocycles. The van der Waals surface area contributed by atoms with Gasteiger partial charge in [0.2, 0.25) is 0 Å². The second kappa shape index (κ2) is 10.3. The number of rotatable bonds is 6. The van der Waals surface area contributed by atoms with E-state index in [2.05, 4.69) is 39.6 Å². The van der Waals surface area contributed by atoms with Gasteiger partial charge in [0.25, 0.3) is 5.91 Å². The number of hydrogen-bond donors (Lipinski definition) is 3. The summed E-state index contributed by atoms with van der Waals surface area (Å²) in [5, 5.41) is 14.0. The van der Waals surface area contributed by atoms with Crippen molar-refractivity contribution in [3.63, 3.8) is 0 Å². The summed E-state index contributed by atoms with van der Waals surface area (Å²) in [5.41, 5.74) is 5.01. The predicted molar refractivity (Wildman–Crippen MR) is 124 cm³/mol. The first-order chi connectivity index (χ1) is 16.5. The average Bonchev–Trinajstić information content (AvgIpc) is 3.18. The molecule has 0 unspecified atom stereocenters. The largest absolute Gasteiger partial charge is 0.478 e. The Morgan fingerprint density at radius 3 is 2.32 bits per heavy atom. The van der Waals surface area contributed by atoms with Crippen molar-refractivity contribution in [2.24, 2.45) is 0 Å². The Kier molecular flexibility index (Phi) is 6.84. The van der Waals surface area contributed by atoms with Gasteiger partial charge in [-0.3, -0.25) is 9.78 Å². The Hall–Kier alpha value is -4.64. The van der Waals surface area contributed by atoms with Crippen LogP contribution in [0, 0.1) is 11.8 Å². The summed E-state index contributed by atoms with van der Waals surface area (Å²) in [7, 11) is 0. The number of nitrogens with zero attached hydrogens (tertiary/aromatic N) is 1. The van der Waals surface area contributed by atoms with Gasteiger partial charge in [0.15, 0.2) is 0 Å². The number of aromatic carboxylic acids is 1. The third-order valence-corrected chi connectivity index (χ3v) is 5.36. The van der Waals surface area contributed by atoms with Crippen LogP contribution in [0.1, 0.15) is 33.1 Å². The van der Waals surface area contributed by atoms with Crippen LogP contribution >= 0.6 is 0 Å². The van der Waals surface area contributed by atoms with E-state index >= 15 is 0 Å². The summed E-state index contributed by atoms with van der Waals surface area (Å²) >= 11 is 0. The van der Waals surface area contributed by atoms with Crippen molar-refractivity contribution in [1.29, 1.82) is 0 Å². The molecule has 0 saturated carbocycles. The number of carboxylic acids is 1. The molecule has 2 aromatic carbocycles. The van der Waals surface area contributed by atoms with Gasteiger partial charge in [0, 0.05) is 12.1 Å². The van der Waals surface area contributed by atoms with Crippen LogP contribution in [0.15, 0.2) is 66.9 Å². The molecule has 0 bridgehead atoms. The van der Waals surface area contributed by atoms with Crippen LogP contribution in [0.4, 0.5) is 4.79 Å². The van der Waals surface area contributed by atoms with Crippen LogP contribution in [0.5, 0.6) is 0 Å². The number of benzene rings is 2. The van der Waals surface area contributed by atoms with E-state index in [1.165, 1.54) is 18.3 Å². The molecule has 4 rings (SSSR count). The topological polar surface area (TPSA) is 118 Å².